The van der Waals surface area contributed by atoms with Crippen molar-refractivity contribution in [1.29, 1.82) is 0 Å². The van der Waals surface area contributed by atoms with E-state index in [1.54, 1.807) is 7.11 Å². The van der Waals surface area contributed by atoms with E-state index in [-0.39, 0.29) is 11.8 Å². The van der Waals surface area contributed by atoms with E-state index in [4.69, 9.17) is 4.74 Å². The van der Waals surface area contributed by atoms with Crippen LogP contribution in [0.1, 0.15) is 43.0 Å². The Labute approximate surface area is 187 Å². The Morgan fingerprint density at radius 1 is 1.13 bits per heavy atom. The summed E-state index contributed by atoms with van der Waals surface area (Å²) in [4.78, 5) is 13.3. The minimum absolute atomic E-state index is 0.0630. The molecular formula is C24H28N4O2S. The number of nitrogens with zero attached hydrogens (tertiary/aromatic N) is 3. The molecule has 1 aliphatic rings. The van der Waals surface area contributed by atoms with Crippen molar-refractivity contribution in [3.05, 3.63) is 66.0 Å². The highest BCUT2D eigenvalue weighted by molar-refractivity contribution is 7.98. The zero-order valence-electron chi connectivity index (χ0n) is 18.0. The summed E-state index contributed by atoms with van der Waals surface area (Å²) in [5, 5.41) is 12.6. The molecule has 6 nitrogen and oxygen atoms in total. The van der Waals surface area contributed by atoms with Crippen molar-refractivity contribution in [2.75, 3.05) is 13.4 Å². The molecule has 0 radical (unpaired) electrons. The number of hydrogen-bond acceptors (Lipinski definition) is 5. The van der Waals surface area contributed by atoms with E-state index in [0.717, 1.165) is 35.0 Å². The fourth-order valence-corrected chi connectivity index (χ4v) is 4.92. The second-order valence-electron chi connectivity index (χ2n) is 7.79. The van der Waals surface area contributed by atoms with Gasteiger partial charge in [0.15, 0.2) is 11.0 Å². The number of hydrogen-bond donors (Lipinski definition) is 1. The van der Waals surface area contributed by atoms with Crippen LogP contribution in [0.2, 0.25) is 0 Å². The van der Waals surface area contributed by atoms with E-state index in [2.05, 4.69) is 27.6 Å². The van der Waals surface area contributed by atoms with Gasteiger partial charge < -0.3 is 10.1 Å². The fraction of sp³-hybridized carbons (Fsp3) is 0.375. The standard InChI is InChI=1S/C24H28N4O2S/c1-30-20-14-12-19(13-15-20)28-21(26-27-24(28)31-2)16-25-23(29)22(18-10-6-7-11-18)17-8-4-3-5-9-17/h3-5,8-9,12-15,18,22H,6-7,10-11,16H2,1-2H3,(H,25,29). The highest BCUT2D eigenvalue weighted by Crippen LogP contribution is 2.37. The zero-order chi connectivity index (χ0) is 21.6. The van der Waals surface area contributed by atoms with Crippen molar-refractivity contribution in [1.82, 2.24) is 20.1 Å². The first-order valence-electron chi connectivity index (χ1n) is 10.7. The Morgan fingerprint density at radius 3 is 2.48 bits per heavy atom. The Balaban J connectivity index is 1.55. The molecule has 4 rings (SSSR count). The van der Waals surface area contributed by atoms with Gasteiger partial charge in [0.1, 0.15) is 5.75 Å². The molecule has 0 spiro atoms. The molecule has 1 amide bonds. The maximum absolute atomic E-state index is 13.3. The first-order valence-corrected chi connectivity index (χ1v) is 11.9. The van der Waals surface area contributed by atoms with E-state index in [0.29, 0.717) is 18.3 Å². The van der Waals surface area contributed by atoms with Gasteiger partial charge in [-0.2, -0.15) is 0 Å². The summed E-state index contributed by atoms with van der Waals surface area (Å²) < 4.78 is 7.25. The number of amides is 1. The molecule has 2 aromatic carbocycles. The molecule has 1 heterocycles. The van der Waals surface area contributed by atoms with Gasteiger partial charge in [-0.05, 0) is 54.8 Å². The van der Waals surface area contributed by atoms with Gasteiger partial charge in [-0.3, -0.25) is 9.36 Å². The first kappa shape index (κ1) is 21.4. The van der Waals surface area contributed by atoms with Crippen LogP contribution in [0.25, 0.3) is 5.69 Å². The van der Waals surface area contributed by atoms with Gasteiger partial charge >= 0.3 is 0 Å². The van der Waals surface area contributed by atoms with E-state index in [1.807, 2.05) is 53.3 Å². The minimum Gasteiger partial charge on any atom is -0.497 e. The van der Waals surface area contributed by atoms with Crippen LogP contribution in [-0.4, -0.2) is 34.0 Å². The number of carbonyl (C=O) groups excluding carboxylic acids is 1. The Bertz CT molecular complexity index is 998. The molecule has 0 bridgehead atoms. The lowest BCUT2D eigenvalue weighted by Gasteiger charge is -2.23. The lowest BCUT2D eigenvalue weighted by Crippen LogP contribution is -2.33. The Kier molecular flexibility index (Phi) is 6.92. The second-order valence-corrected chi connectivity index (χ2v) is 8.56. The molecule has 1 aromatic heterocycles. The molecule has 1 fully saturated rings. The maximum Gasteiger partial charge on any atom is 0.228 e. The van der Waals surface area contributed by atoms with Gasteiger partial charge in [-0.15, -0.1) is 10.2 Å². The van der Waals surface area contributed by atoms with Gasteiger partial charge in [0.05, 0.1) is 19.6 Å². The topological polar surface area (TPSA) is 69.0 Å². The third kappa shape index (κ3) is 4.77. The smallest absolute Gasteiger partial charge is 0.228 e. The van der Waals surface area contributed by atoms with Crippen molar-refractivity contribution in [3.8, 4) is 11.4 Å². The quantitative estimate of drug-likeness (QED) is 0.523. The van der Waals surface area contributed by atoms with Crippen LogP contribution >= 0.6 is 11.8 Å². The van der Waals surface area contributed by atoms with Crippen LogP contribution in [-0.2, 0) is 11.3 Å². The predicted octanol–water partition coefficient (Wildman–Crippen LogP) is 4.59. The molecule has 3 aromatic rings. The summed E-state index contributed by atoms with van der Waals surface area (Å²) in [5.74, 6) is 1.83. The summed E-state index contributed by atoms with van der Waals surface area (Å²) in [6, 6.07) is 17.9. The molecule has 1 unspecified atom stereocenters. The molecule has 7 heteroatoms. The minimum atomic E-state index is -0.124. The third-order valence-corrected chi connectivity index (χ3v) is 6.58. The zero-order valence-corrected chi connectivity index (χ0v) is 18.8. The summed E-state index contributed by atoms with van der Waals surface area (Å²) in [7, 11) is 1.65. The number of nitrogens with one attached hydrogen (secondary N) is 1. The molecule has 1 atom stereocenters. The van der Waals surface area contributed by atoms with Gasteiger partial charge in [0, 0.05) is 5.69 Å². The normalized spacial score (nSPS) is 15.0. The van der Waals surface area contributed by atoms with Crippen molar-refractivity contribution in [2.45, 2.75) is 43.3 Å². The molecular weight excluding hydrogens is 408 g/mol. The SMILES string of the molecule is COc1ccc(-n2c(CNC(=O)C(c3ccccc3)C3CCCC3)nnc2SC)cc1. The van der Waals surface area contributed by atoms with Crippen LogP contribution in [0, 0.1) is 5.92 Å². The molecule has 1 N–H and O–H groups in total. The van der Waals surface area contributed by atoms with Crippen molar-refractivity contribution in [2.24, 2.45) is 5.92 Å². The van der Waals surface area contributed by atoms with Gasteiger partial charge in [-0.1, -0.05) is 54.9 Å². The monoisotopic (exact) mass is 436 g/mol. The van der Waals surface area contributed by atoms with Gasteiger partial charge in [0.2, 0.25) is 5.91 Å². The first-order chi connectivity index (χ1) is 15.2. The number of methoxy groups -OCH3 is 1. The molecule has 0 aliphatic heterocycles. The van der Waals surface area contributed by atoms with Crippen molar-refractivity contribution >= 4 is 17.7 Å². The van der Waals surface area contributed by atoms with Crippen LogP contribution in [0.3, 0.4) is 0 Å². The molecule has 0 saturated heterocycles. The summed E-state index contributed by atoms with van der Waals surface area (Å²) in [6.45, 7) is 0.328. The van der Waals surface area contributed by atoms with Gasteiger partial charge in [0.25, 0.3) is 0 Å². The number of carbonyl (C=O) groups is 1. The lowest BCUT2D eigenvalue weighted by atomic mass is 9.84. The molecule has 162 valence electrons. The van der Waals surface area contributed by atoms with Crippen molar-refractivity contribution < 1.29 is 9.53 Å². The highest BCUT2D eigenvalue weighted by Gasteiger charge is 2.32. The fourth-order valence-electron chi connectivity index (χ4n) is 4.40. The average molecular weight is 437 g/mol. The maximum atomic E-state index is 13.3. The number of ether oxygens (including phenoxy) is 1. The van der Waals surface area contributed by atoms with E-state index < -0.39 is 0 Å². The lowest BCUT2D eigenvalue weighted by molar-refractivity contribution is -0.124. The molecule has 31 heavy (non-hydrogen) atoms. The molecule has 1 aliphatic carbocycles. The van der Waals surface area contributed by atoms with E-state index in [9.17, 15) is 4.79 Å². The van der Waals surface area contributed by atoms with Crippen LogP contribution < -0.4 is 10.1 Å². The summed E-state index contributed by atoms with van der Waals surface area (Å²) >= 11 is 1.52. The number of benzene rings is 2. The van der Waals surface area contributed by atoms with Crippen LogP contribution in [0.5, 0.6) is 5.75 Å². The Morgan fingerprint density at radius 2 is 1.84 bits per heavy atom. The van der Waals surface area contributed by atoms with Gasteiger partial charge in [-0.25, -0.2) is 0 Å². The molecule has 1 saturated carbocycles. The number of thioether (sulfide) groups is 1. The number of aromatic nitrogens is 3. The average Bonchev–Trinajstić information content (AvgIpc) is 3.49. The third-order valence-electron chi connectivity index (χ3n) is 5.95. The largest absolute Gasteiger partial charge is 0.497 e. The second kappa shape index (κ2) is 10.0. The highest BCUT2D eigenvalue weighted by atomic mass is 32.2. The Hall–Kier alpha value is -2.80. The van der Waals surface area contributed by atoms with Crippen LogP contribution in [0.4, 0.5) is 0 Å². The number of rotatable bonds is 8. The van der Waals surface area contributed by atoms with Crippen LogP contribution in [0.15, 0.2) is 59.8 Å². The van der Waals surface area contributed by atoms with E-state index >= 15 is 0 Å². The summed E-state index contributed by atoms with van der Waals surface area (Å²) in [6.07, 6.45) is 6.57. The van der Waals surface area contributed by atoms with E-state index in [1.165, 1.54) is 24.6 Å². The van der Waals surface area contributed by atoms with Crippen molar-refractivity contribution in [3.63, 3.8) is 0 Å². The predicted molar refractivity (Wildman–Crippen MR) is 123 cm³/mol. The summed E-state index contributed by atoms with van der Waals surface area (Å²) in [5.41, 5.74) is 2.03.